The van der Waals surface area contributed by atoms with Gasteiger partial charge >= 0.3 is 0 Å². The number of sulfonamides is 1. The maximum absolute atomic E-state index is 12.6. The third-order valence-electron chi connectivity index (χ3n) is 3.60. The van der Waals surface area contributed by atoms with Gasteiger partial charge in [0.2, 0.25) is 10.0 Å². The van der Waals surface area contributed by atoms with Gasteiger partial charge in [0.05, 0.1) is 0 Å². The molecular formula is C14H27N3O3S. The number of nitrogens with one attached hydrogen (secondary N) is 2. The van der Waals surface area contributed by atoms with Crippen molar-refractivity contribution in [3.63, 3.8) is 0 Å². The normalized spacial score (nSPS) is 13.9. The van der Waals surface area contributed by atoms with E-state index in [4.69, 9.17) is 4.42 Å². The fourth-order valence-electron chi connectivity index (χ4n) is 2.00. The summed E-state index contributed by atoms with van der Waals surface area (Å²) in [4.78, 5) is 2.24. The van der Waals surface area contributed by atoms with Gasteiger partial charge in [0, 0.05) is 24.7 Å². The van der Waals surface area contributed by atoms with Crippen molar-refractivity contribution in [1.29, 1.82) is 0 Å². The van der Waals surface area contributed by atoms with Crippen molar-refractivity contribution in [2.45, 2.75) is 45.2 Å². The Balaban J connectivity index is 3.02. The quantitative estimate of drug-likeness (QED) is 0.754. The van der Waals surface area contributed by atoms with Crippen LogP contribution in [0.2, 0.25) is 0 Å². The van der Waals surface area contributed by atoms with Gasteiger partial charge in [-0.15, -0.1) is 0 Å². The minimum absolute atomic E-state index is 0.116. The molecule has 1 rings (SSSR count). The minimum Gasteiger partial charge on any atom is -0.465 e. The molecule has 0 saturated carbocycles. The molecule has 122 valence electrons. The van der Waals surface area contributed by atoms with E-state index in [0.29, 0.717) is 30.2 Å². The van der Waals surface area contributed by atoms with Gasteiger partial charge in [0.15, 0.2) is 0 Å². The summed E-state index contributed by atoms with van der Waals surface area (Å²) in [6, 6.07) is 0.116. The zero-order valence-electron chi connectivity index (χ0n) is 13.8. The van der Waals surface area contributed by atoms with E-state index in [-0.39, 0.29) is 10.9 Å². The van der Waals surface area contributed by atoms with Crippen LogP contribution < -0.4 is 10.0 Å². The van der Waals surface area contributed by atoms with Crippen LogP contribution in [0, 0.1) is 13.8 Å². The highest BCUT2D eigenvalue weighted by Gasteiger charge is 2.26. The SMILES string of the molecule is CCNCc1c(C)oc(C)c1S(=O)(=O)NCC(C)N(C)C. The van der Waals surface area contributed by atoms with Crippen molar-refractivity contribution in [2.24, 2.45) is 0 Å². The summed E-state index contributed by atoms with van der Waals surface area (Å²) in [6.45, 7) is 9.05. The summed E-state index contributed by atoms with van der Waals surface area (Å²) >= 11 is 0. The highest BCUT2D eigenvalue weighted by atomic mass is 32.2. The third-order valence-corrected chi connectivity index (χ3v) is 5.21. The predicted molar refractivity (Wildman–Crippen MR) is 83.9 cm³/mol. The highest BCUT2D eigenvalue weighted by molar-refractivity contribution is 7.89. The van der Waals surface area contributed by atoms with Gasteiger partial charge in [-0.25, -0.2) is 13.1 Å². The van der Waals surface area contributed by atoms with Crippen LogP contribution in [0.15, 0.2) is 9.31 Å². The molecule has 0 spiro atoms. The molecule has 0 bridgehead atoms. The summed E-state index contributed by atoms with van der Waals surface area (Å²) in [5.74, 6) is 1.08. The average molecular weight is 317 g/mol. The lowest BCUT2D eigenvalue weighted by atomic mass is 10.2. The number of aryl methyl sites for hydroxylation is 2. The average Bonchev–Trinajstić information content (AvgIpc) is 2.68. The van der Waals surface area contributed by atoms with Crippen LogP contribution in [-0.4, -0.2) is 46.5 Å². The van der Waals surface area contributed by atoms with Gasteiger partial charge in [-0.2, -0.15) is 0 Å². The molecule has 1 aromatic heterocycles. The summed E-state index contributed by atoms with van der Waals surface area (Å²) < 4.78 is 33.3. The van der Waals surface area contributed by atoms with Crippen LogP contribution >= 0.6 is 0 Å². The highest BCUT2D eigenvalue weighted by Crippen LogP contribution is 2.26. The zero-order valence-corrected chi connectivity index (χ0v) is 14.6. The molecule has 6 nitrogen and oxygen atoms in total. The standard InChI is InChI=1S/C14H27N3O3S/c1-7-15-9-13-11(3)20-12(4)14(13)21(18,19)16-8-10(2)17(5)6/h10,15-16H,7-9H2,1-6H3. The fourth-order valence-corrected chi connectivity index (χ4v) is 3.57. The lowest BCUT2D eigenvalue weighted by Gasteiger charge is -2.20. The number of hydrogen-bond donors (Lipinski definition) is 2. The van der Waals surface area contributed by atoms with Gasteiger partial charge in [0.25, 0.3) is 0 Å². The van der Waals surface area contributed by atoms with Crippen LogP contribution in [-0.2, 0) is 16.6 Å². The summed E-state index contributed by atoms with van der Waals surface area (Å²) in [6.07, 6.45) is 0. The van der Waals surface area contributed by atoms with E-state index in [0.717, 1.165) is 6.54 Å². The van der Waals surface area contributed by atoms with Crippen molar-refractivity contribution in [1.82, 2.24) is 14.9 Å². The van der Waals surface area contributed by atoms with Crippen molar-refractivity contribution in [2.75, 3.05) is 27.2 Å². The van der Waals surface area contributed by atoms with Crippen molar-refractivity contribution >= 4 is 10.0 Å². The van der Waals surface area contributed by atoms with Gasteiger partial charge in [0.1, 0.15) is 16.4 Å². The minimum atomic E-state index is -3.57. The molecule has 1 heterocycles. The van der Waals surface area contributed by atoms with Gasteiger partial charge in [-0.1, -0.05) is 6.92 Å². The Hall–Kier alpha value is -0.890. The van der Waals surface area contributed by atoms with E-state index in [2.05, 4.69) is 10.0 Å². The summed E-state index contributed by atoms with van der Waals surface area (Å²) in [5, 5.41) is 3.15. The van der Waals surface area contributed by atoms with Crippen LogP contribution in [0.4, 0.5) is 0 Å². The summed E-state index contributed by atoms with van der Waals surface area (Å²) in [7, 11) is 0.269. The number of nitrogens with zero attached hydrogens (tertiary/aromatic N) is 1. The predicted octanol–water partition coefficient (Wildman–Crippen LogP) is 1.23. The fraction of sp³-hybridized carbons (Fsp3) is 0.714. The van der Waals surface area contributed by atoms with E-state index in [9.17, 15) is 8.42 Å². The first-order chi connectivity index (χ1) is 9.70. The van der Waals surface area contributed by atoms with Crippen molar-refractivity contribution in [3.05, 3.63) is 17.1 Å². The monoisotopic (exact) mass is 317 g/mol. The zero-order chi connectivity index (χ0) is 16.2. The van der Waals surface area contributed by atoms with Crippen LogP contribution in [0.1, 0.15) is 30.9 Å². The molecule has 1 aromatic rings. The second-order valence-electron chi connectivity index (χ2n) is 5.47. The largest absolute Gasteiger partial charge is 0.465 e. The Bertz CT molecular complexity index is 564. The van der Waals surface area contributed by atoms with Gasteiger partial charge in [-0.05, 0) is 41.4 Å². The number of rotatable bonds is 8. The molecule has 0 aliphatic heterocycles. The second-order valence-corrected chi connectivity index (χ2v) is 7.17. The van der Waals surface area contributed by atoms with E-state index in [1.165, 1.54) is 0 Å². The number of likely N-dealkylation sites (N-methyl/N-ethyl adjacent to an activating group) is 1. The lowest BCUT2D eigenvalue weighted by Crippen LogP contribution is -2.38. The molecule has 21 heavy (non-hydrogen) atoms. The lowest BCUT2D eigenvalue weighted by molar-refractivity contribution is 0.314. The topological polar surface area (TPSA) is 74.6 Å². The van der Waals surface area contributed by atoms with Crippen LogP contribution in [0.3, 0.4) is 0 Å². The Morgan fingerprint density at radius 2 is 1.86 bits per heavy atom. The van der Waals surface area contributed by atoms with Crippen molar-refractivity contribution < 1.29 is 12.8 Å². The van der Waals surface area contributed by atoms with E-state index < -0.39 is 10.0 Å². The first kappa shape index (κ1) is 18.2. The molecule has 0 aromatic carbocycles. The van der Waals surface area contributed by atoms with Crippen LogP contribution in [0.5, 0.6) is 0 Å². The Morgan fingerprint density at radius 1 is 1.24 bits per heavy atom. The molecule has 0 radical (unpaired) electrons. The maximum atomic E-state index is 12.6. The summed E-state index contributed by atoms with van der Waals surface area (Å²) in [5.41, 5.74) is 0.708. The molecular weight excluding hydrogens is 290 g/mol. The second kappa shape index (κ2) is 7.40. The molecule has 0 aliphatic carbocycles. The number of hydrogen-bond acceptors (Lipinski definition) is 5. The molecule has 0 fully saturated rings. The van der Waals surface area contributed by atoms with Gasteiger partial charge in [-0.3, -0.25) is 0 Å². The Kier molecular flexibility index (Phi) is 6.40. The smallest absolute Gasteiger partial charge is 0.244 e. The van der Waals surface area contributed by atoms with Gasteiger partial charge < -0.3 is 14.6 Å². The first-order valence-corrected chi connectivity index (χ1v) is 8.64. The molecule has 0 aliphatic rings. The van der Waals surface area contributed by atoms with E-state index >= 15 is 0 Å². The molecule has 1 atom stereocenters. The Labute approximate surface area is 127 Å². The van der Waals surface area contributed by atoms with E-state index in [1.807, 2.05) is 32.8 Å². The van der Waals surface area contributed by atoms with Crippen LogP contribution in [0.25, 0.3) is 0 Å². The molecule has 0 amide bonds. The van der Waals surface area contributed by atoms with E-state index in [1.54, 1.807) is 13.8 Å². The maximum Gasteiger partial charge on any atom is 0.244 e. The molecule has 2 N–H and O–H groups in total. The number of furan rings is 1. The Morgan fingerprint density at radius 3 is 2.38 bits per heavy atom. The molecule has 1 unspecified atom stereocenters. The van der Waals surface area contributed by atoms with Crippen molar-refractivity contribution in [3.8, 4) is 0 Å². The molecule has 7 heteroatoms. The third kappa shape index (κ3) is 4.54. The molecule has 0 saturated heterocycles. The first-order valence-electron chi connectivity index (χ1n) is 7.16.